The third kappa shape index (κ3) is 1.47. The molecule has 0 unspecified atom stereocenters. The number of fused-ring (bicyclic) bond motifs is 1. The smallest absolute Gasteiger partial charge is 0.422 e. The molecule has 10 heteroatoms. The van der Waals surface area contributed by atoms with Gasteiger partial charge >= 0.3 is 17.8 Å². The van der Waals surface area contributed by atoms with Crippen LogP contribution >= 0.6 is 0 Å². The number of rotatable bonds is 1. The molecule has 2 heterocycles. The van der Waals surface area contributed by atoms with E-state index in [4.69, 9.17) is 10.2 Å². The molecule has 2 rings (SSSR count). The first kappa shape index (κ1) is 10.6. The number of hydrogen-bond donors (Lipinski definition) is 4. The second-order valence-corrected chi connectivity index (χ2v) is 2.97. The first-order valence-electron chi connectivity index (χ1n) is 4.13. The van der Waals surface area contributed by atoms with E-state index >= 15 is 0 Å². The van der Waals surface area contributed by atoms with E-state index in [9.17, 15) is 19.2 Å². The minimum Gasteiger partial charge on any atom is -0.475 e. The van der Waals surface area contributed by atoms with Crippen molar-refractivity contribution in [3.8, 4) is 0 Å². The molecule has 4 N–H and O–H groups in total. The van der Waals surface area contributed by atoms with Crippen LogP contribution in [0.15, 0.2) is 9.59 Å². The maximum atomic E-state index is 11.5. The maximum absolute atomic E-state index is 11.5. The van der Waals surface area contributed by atoms with E-state index in [-0.39, 0.29) is 10.2 Å². The van der Waals surface area contributed by atoms with Crippen LogP contribution in [0.4, 0.5) is 4.79 Å². The Morgan fingerprint density at radius 3 is 2.35 bits per heavy atom. The molecule has 10 nitrogen and oxygen atoms in total. The molecule has 88 valence electrons. The van der Waals surface area contributed by atoms with Crippen molar-refractivity contribution in [3.63, 3.8) is 0 Å². The quantitative estimate of drug-likeness (QED) is 0.478. The van der Waals surface area contributed by atoms with Crippen molar-refractivity contribution < 1.29 is 19.8 Å². The van der Waals surface area contributed by atoms with Gasteiger partial charge in [0, 0.05) is 0 Å². The van der Waals surface area contributed by atoms with E-state index in [1.54, 1.807) is 0 Å². The summed E-state index contributed by atoms with van der Waals surface area (Å²) in [6, 6.07) is 0. The van der Waals surface area contributed by atoms with Gasteiger partial charge in [-0.2, -0.15) is 4.57 Å². The lowest BCUT2D eigenvalue weighted by Crippen LogP contribution is -2.39. The summed E-state index contributed by atoms with van der Waals surface area (Å²) >= 11 is 0. The standard InChI is InChI=1S/C7H4N4O6/c12-4-1-2(9-3(8-1)5(13)14)10-6(15)11(4)7(16)17/h(H,8,9)(H,10,15)(H,13,14)(H,16,17). The minimum atomic E-state index is -1.77. The number of hydrogen-bond acceptors (Lipinski definition) is 5. The van der Waals surface area contributed by atoms with Crippen molar-refractivity contribution in [3.05, 3.63) is 26.7 Å². The van der Waals surface area contributed by atoms with E-state index < -0.39 is 34.7 Å². The zero-order chi connectivity index (χ0) is 12.7. The van der Waals surface area contributed by atoms with Gasteiger partial charge in [-0.1, -0.05) is 0 Å². The van der Waals surface area contributed by atoms with Gasteiger partial charge in [-0.3, -0.25) is 9.78 Å². The first-order chi connectivity index (χ1) is 7.91. The zero-order valence-electron chi connectivity index (χ0n) is 7.92. The van der Waals surface area contributed by atoms with E-state index in [1.807, 2.05) is 4.98 Å². The molecule has 0 fully saturated rings. The highest BCUT2D eigenvalue weighted by atomic mass is 16.4. The topological polar surface area (TPSA) is 158 Å². The van der Waals surface area contributed by atoms with E-state index in [0.717, 1.165) is 0 Å². The number of H-pyrrole nitrogens is 2. The molecule has 0 spiro atoms. The normalized spacial score (nSPS) is 10.6. The van der Waals surface area contributed by atoms with Crippen LogP contribution in [0.25, 0.3) is 11.2 Å². The highest BCUT2D eigenvalue weighted by Crippen LogP contribution is 2.01. The van der Waals surface area contributed by atoms with Crippen LogP contribution in [0.2, 0.25) is 0 Å². The lowest BCUT2D eigenvalue weighted by Gasteiger charge is -1.95. The molecule has 0 amide bonds. The second kappa shape index (κ2) is 3.30. The van der Waals surface area contributed by atoms with Gasteiger partial charge < -0.3 is 15.2 Å². The largest absolute Gasteiger partial charge is 0.475 e. The first-order valence-corrected chi connectivity index (χ1v) is 4.13. The van der Waals surface area contributed by atoms with Gasteiger partial charge in [0.15, 0.2) is 11.2 Å². The average Bonchev–Trinajstić information content (AvgIpc) is 2.60. The molecule has 0 saturated heterocycles. The van der Waals surface area contributed by atoms with Gasteiger partial charge in [0.2, 0.25) is 5.82 Å². The lowest BCUT2D eigenvalue weighted by atomic mass is 10.5. The lowest BCUT2D eigenvalue weighted by molar-refractivity contribution is 0.0685. The molecular formula is C7H4N4O6. The third-order valence-corrected chi connectivity index (χ3v) is 1.94. The monoisotopic (exact) mass is 240 g/mol. The van der Waals surface area contributed by atoms with Gasteiger partial charge in [0.1, 0.15) is 0 Å². The van der Waals surface area contributed by atoms with E-state index in [2.05, 4.69) is 9.97 Å². The predicted octanol–water partition coefficient (Wildman–Crippen LogP) is -1.36. The fraction of sp³-hybridized carbons (Fsp3) is 0. The number of carboxylic acids is 1. The summed E-state index contributed by atoms with van der Waals surface area (Å²) in [5.74, 6) is -2.01. The summed E-state index contributed by atoms with van der Waals surface area (Å²) in [4.78, 5) is 51.4. The number of carboxylic acid groups (broad SMARTS) is 2. The van der Waals surface area contributed by atoms with Crippen molar-refractivity contribution in [2.24, 2.45) is 0 Å². The number of nitrogens with one attached hydrogen (secondary N) is 2. The molecule has 17 heavy (non-hydrogen) atoms. The summed E-state index contributed by atoms with van der Waals surface area (Å²) in [6.45, 7) is 0. The number of carbonyl (C=O) groups is 2. The van der Waals surface area contributed by atoms with E-state index in [0.29, 0.717) is 0 Å². The van der Waals surface area contributed by atoms with Crippen molar-refractivity contribution in [2.75, 3.05) is 0 Å². The number of imidazole rings is 1. The van der Waals surface area contributed by atoms with Gasteiger partial charge in [-0.25, -0.2) is 19.4 Å². The van der Waals surface area contributed by atoms with Crippen LogP contribution in [-0.2, 0) is 0 Å². The molecule has 0 saturated carbocycles. The fourth-order valence-corrected chi connectivity index (χ4v) is 1.25. The molecule has 0 bridgehead atoms. The van der Waals surface area contributed by atoms with Gasteiger partial charge in [0.05, 0.1) is 0 Å². The van der Waals surface area contributed by atoms with Gasteiger partial charge in [0.25, 0.3) is 5.56 Å². The van der Waals surface area contributed by atoms with Crippen LogP contribution in [0.1, 0.15) is 10.6 Å². The van der Waals surface area contributed by atoms with Crippen LogP contribution in [0.3, 0.4) is 0 Å². The summed E-state index contributed by atoms with van der Waals surface area (Å²) in [6.07, 6.45) is -1.77. The van der Waals surface area contributed by atoms with E-state index in [1.165, 1.54) is 0 Å². The molecule has 2 aromatic rings. The highest BCUT2D eigenvalue weighted by molar-refractivity contribution is 5.87. The Bertz CT molecular complexity index is 750. The number of aromatic amines is 2. The van der Waals surface area contributed by atoms with Crippen molar-refractivity contribution in [1.82, 2.24) is 19.5 Å². The number of nitrogens with zero attached hydrogens (tertiary/aromatic N) is 2. The van der Waals surface area contributed by atoms with Crippen LogP contribution in [0.5, 0.6) is 0 Å². The molecule has 0 aromatic carbocycles. The Hall–Kier alpha value is -2.91. The highest BCUT2D eigenvalue weighted by Gasteiger charge is 2.18. The minimum absolute atomic E-state index is 0.0911. The summed E-state index contributed by atoms with van der Waals surface area (Å²) in [5, 5.41) is 17.2. The number of aromatic nitrogens is 4. The van der Waals surface area contributed by atoms with Crippen LogP contribution < -0.4 is 11.2 Å². The van der Waals surface area contributed by atoms with Crippen molar-refractivity contribution in [1.29, 1.82) is 0 Å². The second-order valence-electron chi connectivity index (χ2n) is 2.97. The Morgan fingerprint density at radius 2 is 1.82 bits per heavy atom. The molecule has 0 aliphatic heterocycles. The molecule has 0 aliphatic carbocycles. The van der Waals surface area contributed by atoms with Crippen LogP contribution in [0, 0.1) is 0 Å². The third-order valence-electron chi connectivity index (χ3n) is 1.94. The zero-order valence-corrected chi connectivity index (χ0v) is 7.92. The maximum Gasteiger partial charge on any atom is 0.422 e. The van der Waals surface area contributed by atoms with Gasteiger partial charge in [-0.05, 0) is 0 Å². The Balaban J connectivity index is 2.93. The molecule has 0 radical (unpaired) electrons. The summed E-state index contributed by atoms with van der Waals surface area (Å²) in [5.41, 5.74) is -3.10. The number of aromatic carboxylic acids is 1. The predicted molar refractivity (Wildman–Crippen MR) is 51.4 cm³/mol. The average molecular weight is 240 g/mol. The summed E-state index contributed by atoms with van der Waals surface area (Å²) in [7, 11) is 0. The SMILES string of the molecule is O=C(O)c1nc2[nH]c(=O)n(C(=O)O)c(=O)c2[nH]1. The Morgan fingerprint density at radius 1 is 1.18 bits per heavy atom. The van der Waals surface area contributed by atoms with Gasteiger partial charge in [-0.15, -0.1) is 0 Å². The Kier molecular flexibility index (Phi) is 2.06. The van der Waals surface area contributed by atoms with Crippen LogP contribution in [-0.4, -0.2) is 41.8 Å². The van der Waals surface area contributed by atoms with Crippen molar-refractivity contribution >= 4 is 23.2 Å². The Labute approximate surface area is 90.2 Å². The van der Waals surface area contributed by atoms with Crippen molar-refractivity contribution in [2.45, 2.75) is 0 Å². The fourth-order valence-electron chi connectivity index (χ4n) is 1.25. The molecule has 0 atom stereocenters. The molecular weight excluding hydrogens is 236 g/mol. The molecule has 2 aromatic heterocycles. The summed E-state index contributed by atoms with van der Waals surface area (Å²) < 4.78 is -0.0911. The molecule has 0 aliphatic rings.